The molecule has 0 aliphatic carbocycles. The molecule has 104 valence electrons. The summed E-state index contributed by atoms with van der Waals surface area (Å²) in [6.45, 7) is 0.760. The van der Waals surface area contributed by atoms with Crippen LogP contribution in [0, 0.1) is 0 Å². The monoisotopic (exact) mass is 283 g/mol. The molecule has 0 spiro atoms. The van der Waals surface area contributed by atoms with Gasteiger partial charge in [0.1, 0.15) is 11.5 Å². The molecule has 1 aromatic rings. The number of benzene rings is 1. The van der Waals surface area contributed by atoms with Gasteiger partial charge in [0, 0.05) is 30.1 Å². The zero-order valence-electron chi connectivity index (χ0n) is 11.2. The first-order valence-electron chi connectivity index (χ1n) is 6.29. The Morgan fingerprint density at radius 1 is 1.32 bits per heavy atom. The first-order valence-corrected chi connectivity index (χ1v) is 6.83. The summed E-state index contributed by atoms with van der Waals surface area (Å²) in [7, 11) is 3.14. The standard InChI is InChI=1S/C14H18ClNO3/c1-18-12-6-10(7-13(8-12)19-2)14(17)16-5-3-4-11(16)9-15/h6-8,11H,3-5,9H2,1-2H3. The highest BCUT2D eigenvalue weighted by molar-refractivity contribution is 6.18. The maximum Gasteiger partial charge on any atom is 0.254 e. The Bertz CT molecular complexity index is 442. The summed E-state index contributed by atoms with van der Waals surface area (Å²) in [4.78, 5) is 14.3. The van der Waals surface area contributed by atoms with Gasteiger partial charge in [0.2, 0.25) is 0 Å². The molecule has 1 heterocycles. The van der Waals surface area contributed by atoms with E-state index >= 15 is 0 Å². The highest BCUT2D eigenvalue weighted by Gasteiger charge is 2.29. The Kier molecular flexibility index (Phi) is 4.53. The summed E-state index contributed by atoms with van der Waals surface area (Å²) >= 11 is 5.91. The molecule has 1 amide bonds. The molecule has 5 heteroatoms. The van der Waals surface area contributed by atoms with E-state index in [1.165, 1.54) is 0 Å². The van der Waals surface area contributed by atoms with Crippen LogP contribution in [0.25, 0.3) is 0 Å². The Morgan fingerprint density at radius 3 is 2.47 bits per heavy atom. The second-order valence-corrected chi connectivity index (χ2v) is 4.86. The molecule has 0 N–H and O–H groups in total. The van der Waals surface area contributed by atoms with Crippen LogP contribution in [0.5, 0.6) is 11.5 Å². The van der Waals surface area contributed by atoms with Crippen molar-refractivity contribution in [3.63, 3.8) is 0 Å². The topological polar surface area (TPSA) is 38.8 Å². The Balaban J connectivity index is 2.27. The van der Waals surface area contributed by atoms with Crippen molar-refractivity contribution >= 4 is 17.5 Å². The van der Waals surface area contributed by atoms with Crippen molar-refractivity contribution in [3.05, 3.63) is 23.8 Å². The fourth-order valence-corrected chi connectivity index (χ4v) is 2.68. The molecule has 4 nitrogen and oxygen atoms in total. The third-order valence-corrected chi connectivity index (χ3v) is 3.77. The van der Waals surface area contributed by atoms with Gasteiger partial charge in [-0.05, 0) is 25.0 Å². The predicted octanol–water partition coefficient (Wildman–Crippen LogP) is 2.55. The second-order valence-electron chi connectivity index (χ2n) is 4.55. The second kappa shape index (κ2) is 6.15. The van der Waals surface area contributed by atoms with Crippen LogP contribution in [-0.4, -0.2) is 43.5 Å². The maximum atomic E-state index is 12.5. The van der Waals surface area contributed by atoms with Gasteiger partial charge in [-0.3, -0.25) is 4.79 Å². The minimum Gasteiger partial charge on any atom is -0.497 e. The van der Waals surface area contributed by atoms with Crippen molar-refractivity contribution in [2.45, 2.75) is 18.9 Å². The Hall–Kier alpha value is -1.42. The predicted molar refractivity (Wildman–Crippen MR) is 74.3 cm³/mol. The van der Waals surface area contributed by atoms with Crippen LogP contribution in [0.2, 0.25) is 0 Å². The lowest BCUT2D eigenvalue weighted by atomic mass is 10.1. The third kappa shape index (κ3) is 2.95. The molecular formula is C14H18ClNO3. The first kappa shape index (κ1) is 14.0. The average molecular weight is 284 g/mol. The van der Waals surface area contributed by atoms with Crippen LogP contribution in [-0.2, 0) is 0 Å². The van der Waals surface area contributed by atoms with Crippen molar-refractivity contribution in [1.29, 1.82) is 0 Å². The van der Waals surface area contributed by atoms with Crippen LogP contribution in [0.3, 0.4) is 0 Å². The Morgan fingerprint density at radius 2 is 1.95 bits per heavy atom. The quantitative estimate of drug-likeness (QED) is 0.797. The van der Waals surface area contributed by atoms with Crippen molar-refractivity contribution in [2.24, 2.45) is 0 Å². The largest absolute Gasteiger partial charge is 0.497 e. The summed E-state index contributed by atoms with van der Waals surface area (Å²) in [5.41, 5.74) is 0.577. The smallest absolute Gasteiger partial charge is 0.254 e. The molecule has 0 radical (unpaired) electrons. The van der Waals surface area contributed by atoms with E-state index in [0.717, 1.165) is 19.4 Å². The number of ether oxygens (including phenoxy) is 2. The average Bonchev–Trinajstić information content (AvgIpc) is 2.94. The van der Waals surface area contributed by atoms with Gasteiger partial charge in [-0.1, -0.05) is 0 Å². The lowest BCUT2D eigenvalue weighted by Gasteiger charge is -2.23. The first-order chi connectivity index (χ1) is 9.19. The number of methoxy groups -OCH3 is 2. The Labute approximate surface area is 118 Å². The summed E-state index contributed by atoms with van der Waals surface area (Å²) in [6.07, 6.45) is 1.97. The summed E-state index contributed by atoms with van der Waals surface area (Å²) in [5.74, 6) is 1.70. The fraction of sp³-hybridized carbons (Fsp3) is 0.500. The van der Waals surface area contributed by atoms with Crippen molar-refractivity contribution in [3.8, 4) is 11.5 Å². The SMILES string of the molecule is COc1cc(OC)cc(C(=O)N2CCCC2CCl)c1. The van der Waals surface area contributed by atoms with E-state index in [-0.39, 0.29) is 11.9 Å². The molecular weight excluding hydrogens is 266 g/mol. The van der Waals surface area contributed by atoms with Crippen molar-refractivity contribution in [2.75, 3.05) is 26.6 Å². The number of carbonyl (C=O) groups excluding carboxylic acids is 1. The van der Waals surface area contributed by atoms with Crippen LogP contribution in [0.1, 0.15) is 23.2 Å². The number of hydrogen-bond donors (Lipinski definition) is 0. The van der Waals surface area contributed by atoms with Gasteiger partial charge in [-0.25, -0.2) is 0 Å². The van der Waals surface area contributed by atoms with Gasteiger partial charge in [-0.15, -0.1) is 11.6 Å². The van der Waals surface area contributed by atoms with E-state index in [1.54, 1.807) is 32.4 Å². The molecule has 1 unspecified atom stereocenters. The normalized spacial score (nSPS) is 18.5. The number of hydrogen-bond acceptors (Lipinski definition) is 3. The van der Waals surface area contributed by atoms with E-state index in [0.29, 0.717) is 22.9 Å². The van der Waals surface area contributed by atoms with E-state index in [4.69, 9.17) is 21.1 Å². The summed E-state index contributed by atoms with van der Waals surface area (Å²) in [5, 5.41) is 0. The van der Waals surface area contributed by atoms with E-state index in [2.05, 4.69) is 0 Å². The van der Waals surface area contributed by atoms with E-state index in [9.17, 15) is 4.79 Å². The fourth-order valence-electron chi connectivity index (χ4n) is 2.36. The number of rotatable bonds is 4. The molecule has 1 atom stereocenters. The minimum atomic E-state index is -0.0136. The molecule has 0 aromatic heterocycles. The van der Waals surface area contributed by atoms with Crippen molar-refractivity contribution < 1.29 is 14.3 Å². The van der Waals surface area contributed by atoms with Gasteiger partial charge >= 0.3 is 0 Å². The van der Waals surface area contributed by atoms with Gasteiger partial charge in [0.05, 0.1) is 14.2 Å². The number of amides is 1. The molecule has 1 aliphatic heterocycles. The van der Waals surface area contributed by atoms with E-state index in [1.807, 2.05) is 4.90 Å². The molecule has 1 fully saturated rings. The third-order valence-electron chi connectivity index (χ3n) is 3.41. The molecule has 19 heavy (non-hydrogen) atoms. The molecule has 0 bridgehead atoms. The maximum absolute atomic E-state index is 12.5. The zero-order valence-corrected chi connectivity index (χ0v) is 11.9. The van der Waals surface area contributed by atoms with Crippen LogP contribution in [0.15, 0.2) is 18.2 Å². The molecule has 2 rings (SSSR count). The molecule has 1 saturated heterocycles. The summed E-state index contributed by atoms with van der Waals surface area (Å²) < 4.78 is 10.4. The van der Waals surface area contributed by atoms with Crippen LogP contribution < -0.4 is 9.47 Å². The number of likely N-dealkylation sites (tertiary alicyclic amines) is 1. The van der Waals surface area contributed by atoms with Gasteiger partial charge in [-0.2, -0.15) is 0 Å². The van der Waals surface area contributed by atoms with Crippen molar-refractivity contribution in [1.82, 2.24) is 4.90 Å². The van der Waals surface area contributed by atoms with Gasteiger partial charge < -0.3 is 14.4 Å². The summed E-state index contributed by atoms with van der Waals surface area (Å²) in [6, 6.07) is 5.34. The van der Waals surface area contributed by atoms with Gasteiger partial charge in [0.15, 0.2) is 0 Å². The number of alkyl halides is 1. The van der Waals surface area contributed by atoms with Crippen LogP contribution >= 0.6 is 11.6 Å². The number of halogens is 1. The van der Waals surface area contributed by atoms with E-state index < -0.39 is 0 Å². The number of carbonyl (C=O) groups is 1. The highest BCUT2D eigenvalue weighted by atomic mass is 35.5. The lowest BCUT2D eigenvalue weighted by molar-refractivity contribution is 0.0748. The zero-order chi connectivity index (χ0) is 13.8. The molecule has 1 aromatic carbocycles. The van der Waals surface area contributed by atoms with Crippen LogP contribution in [0.4, 0.5) is 0 Å². The number of nitrogens with zero attached hydrogens (tertiary/aromatic N) is 1. The van der Waals surface area contributed by atoms with Gasteiger partial charge in [0.25, 0.3) is 5.91 Å². The highest BCUT2D eigenvalue weighted by Crippen LogP contribution is 2.26. The molecule has 0 saturated carbocycles. The minimum absolute atomic E-state index is 0.0136. The molecule has 1 aliphatic rings. The lowest BCUT2D eigenvalue weighted by Crippen LogP contribution is -2.36.